The maximum Gasteiger partial charge on any atom is 0.341 e. The molecule has 0 spiro atoms. The van der Waals surface area contributed by atoms with Crippen molar-refractivity contribution >= 4 is 17.5 Å². The van der Waals surface area contributed by atoms with Crippen LogP contribution in [0.2, 0.25) is 0 Å². The lowest BCUT2D eigenvalue weighted by Crippen LogP contribution is -2.47. The number of para-hydroxylation sites is 2. The van der Waals surface area contributed by atoms with Crippen LogP contribution in [0.3, 0.4) is 0 Å². The molecule has 1 aliphatic rings. The highest BCUT2D eigenvalue weighted by atomic mass is 16.5. The van der Waals surface area contributed by atoms with Crippen molar-refractivity contribution in [1.82, 2.24) is 4.98 Å². The zero-order valence-corrected chi connectivity index (χ0v) is 13.7. The first-order valence-electron chi connectivity index (χ1n) is 8.10. The van der Waals surface area contributed by atoms with E-state index in [9.17, 15) is 9.90 Å². The Kier molecular flexibility index (Phi) is 4.84. The molecule has 6 heteroatoms. The molecule has 2 heterocycles. The molecule has 1 N–H and O–H groups in total. The van der Waals surface area contributed by atoms with Gasteiger partial charge in [0, 0.05) is 32.4 Å². The van der Waals surface area contributed by atoms with Gasteiger partial charge < -0.3 is 19.6 Å². The number of rotatable bonds is 4. The second kappa shape index (κ2) is 7.21. The predicted octanol–water partition coefficient (Wildman–Crippen LogP) is 2.29. The van der Waals surface area contributed by atoms with Crippen LogP contribution in [-0.4, -0.2) is 48.8 Å². The van der Waals surface area contributed by atoms with E-state index in [4.69, 9.17) is 4.74 Å². The number of pyridine rings is 1. The molecular weight excluding hydrogens is 306 g/mol. The zero-order chi connectivity index (χ0) is 16.9. The molecule has 1 aliphatic heterocycles. The highest BCUT2D eigenvalue weighted by molar-refractivity contribution is 5.94. The lowest BCUT2D eigenvalue weighted by atomic mass is 10.2. The van der Waals surface area contributed by atoms with E-state index in [1.807, 2.05) is 18.2 Å². The van der Waals surface area contributed by atoms with E-state index in [0.29, 0.717) is 18.0 Å². The standard InChI is InChI=1S/C18H21N3O3/c1-2-24-18(23)14-6-5-9-19-17(14)21-12-10-20(11-13-21)15-7-3-4-8-16(15)22/h3-9,22H,2,10-13H2,1H3. The van der Waals surface area contributed by atoms with Gasteiger partial charge in [-0.05, 0) is 31.2 Å². The molecule has 0 aliphatic carbocycles. The van der Waals surface area contributed by atoms with Crippen LogP contribution in [0.4, 0.5) is 11.5 Å². The van der Waals surface area contributed by atoms with Gasteiger partial charge in [-0.1, -0.05) is 12.1 Å². The first-order valence-corrected chi connectivity index (χ1v) is 8.10. The number of ether oxygens (including phenoxy) is 1. The van der Waals surface area contributed by atoms with E-state index in [2.05, 4.69) is 14.8 Å². The van der Waals surface area contributed by atoms with E-state index >= 15 is 0 Å². The molecule has 0 unspecified atom stereocenters. The Bertz CT molecular complexity index is 712. The van der Waals surface area contributed by atoms with Crippen molar-refractivity contribution in [2.45, 2.75) is 6.92 Å². The fourth-order valence-electron chi connectivity index (χ4n) is 2.91. The molecule has 1 aromatic heterocycles. The molecule has 126 valence electrons. The molecule has 0 bridgehead atoms. The van der Waals surface area contributed by atoms with Crippen molar-refractivity contribution in [2.24, 2.45) is 0 Å². The summed E-state index contributed by atoms with van der Waals surface area (Å²) in [4.78, 5) is 20.7. The first kappa shape index (κ1) is 16.1. The van der Waals surface area contributed by atoms with Crippen LogP contribution in [0.1, 0.15) is 17.3 Å². The van der Waals surface area contributed by atoms with Crippen LogP contribution >= 0.6 is 0 Å². The number of hydrogen-bond acceptors (Lipinski definition) is 6. The third kappa shape index (κ3) is 3.27. The van der Waals surface area contributed by atoms with Crippen LogP contribution < -0.4 is 9.80 Å². The highest BCUT2D eigenvalue weighted by Crippen LogP contribution is 2.28. The number of anilines is 2. The first-order chi connectivity index (χ1) is 11.7. The van der Waals surface area contributed by atoms with Gasteiger partial charge in [-0.15, -0.1) is 0 Å². The molecule has 2 aromatic rings. The van der Waals surface area contributed by atoms with Crippen LogP contribution in [0.25, 0.3) is 0 Å². The molecule has 0 atom stereocenters. The van der Waals surface area contributed by atoms with Gasteiger partial charge in [0.2, 0.25) is 0 Å². The number of aromatic hydroxyl groups is 1. The van der Waals surface area contributed by atoms with Gasteiger partial charge in [-0.25, -0.2) is 9.78 Å². The summed E-state index contributed by atoms with van der Waals surface area (Å²) in [5, 5.41) is 9.99. The summed E-state index contributed by atoms with van der Waals surface area (Å²) in [5.41, 5.74) is 1.33. The van der Waals surface area contributed by atoms with Crippen molar-refractivity contribution in [3.63, 3.8) is 0 Å². The van der Waals surface area contributed by atoms with E-state index < -0.39 is 0 Å². The largest absolute Gasteiger partial charge is 0.506 e. The van der Waals surface area contributed by atoms with Crippen molar-refractivity contribution in [2.75, 3.05) is 42.6 Å². The monoisotopic (exact) mass is 327 g/mol. The van der Waals surface area contributed by atoms with Gasteiger partial charge in [0.25, 0.3) is 0 Å². The average molecular weight is 327 g/mol. The van der Waals surface area contributed by atoms with E-state index in [1.165, 1.54) is 0 Å². The van der Waals surface area contributed by atoms with Gasteiger partial charge in [-0.3, -0.25) is 0 Å². The molecule has 0 saturated carbocycles. The second-order valence-electron chi connectivity index (χ2n) is 5.56. The number of phenols is 1. The zero-order valence-electron chi connectivity index (χ0n) is 13.7. The van der Waals surface area contributed by atoms with Crippen molar-refractivity contribution in [1.29, 1.82) is 0 Å². The maximum atomic E-state index is 12.1. The lowest BCUT2D eigenvalue weighted by molar-refractivity contribution is 0.0526. The summed E-state index contributed by atoms with van der Waals surface area (Å²) in [6.07, 6.45) is 1.69. The molecule has 1 aromatic carbocycles. The number of phenolic OH excluding ortho intramolecular Hbond substituents is 1. The number of nitrogens with zero attached hydrogens (tertiary/aromatic N) is 3. The van der Waals surface area contributed by atoms with Gasteiger partial charge in [0.1, 0.15) is 17.1 Å². The van der Waals surface area contributed by atoms with Gasteiger partial charge in [-0.2, -0.15) is 0 Å². The second-order valence-corrected chi connectivity index (χ2v) is 5.56. The van der Waals surface area contributed by atoms with E-state index in [1.54, 1.807) is 31.3 Å². The summed E-state index contributed by atoms with van der Waals surface area (Å²) in [5.74, 6) is 0.604. The highest BCUT2D eigenvalue weighted by Gasteiger charge is 2.24. The molecule has 3 rings (SSSR count). The smallest absolute Gasteiger partial charge is 0.341 e. The minimum atomic E-state index is -0.344. The van der Waals surface area contributed by atoms with Crippen molar-refractivity contribution < 1.29 is 14.6 Å². The summed E-state index contributed by atoms with van der Waals surface area (Å²) in [6, 6.07) is 10.8. The normalized spacial score (nSPS) is 14.5. The van der Waals surface area contributed by atoms with Crippen molar-refractivity contribution in [3.8, 4) is 5.75 Å². The van der Waals surface area contributed by atoms with E-state index in [-0.39, 0.29) is 11.7 Å². The number of carbonyl (C=O) groups excluding carboxylic acids is 1. The Balaban J connectivity index is 1.74. The number of carbonyl (C=O) groups is 1. The number of benzene rings is 1. The third-order valence-electron chi connectivity index (χ3n) is 4.08. The predicted molar refractivity (Wildman–Crippen MR) is 92.7 cm³/mol. The topological polar surface area (TPSA) is 65.9 Å². The van der Waals surface area contributed by atoms with E-state index in [0.717, 1.165) is 31.9 Å². The minimum Gasteiger partial charge on any atom is -0.506 e. The summed E-state index contributed by atoms with van der Waals surface area (Å²) in [6.45, 7) is 5.07. The molecule has 0 radical (unpaired) electrons. The Morgan fingerprint density at radius 3 is 2.54 bits per heavy atom. The SMILES string of the molecule is CCOC(=O)c1cccnc1N1CCN(c2ccccc2O)CC1. The van der Waals surface area contributed by atoms with Crippen molar-refractivity contribution in [3.05, 3.63) is 48.2 Å². The van der Waals surface area contributed by atoms with Crippen LogP contribution in [0.5, 0.6) is 5.75 Å². The molecule has 1 fully saturated rings. The number of esters is 1. The van der Waals surface area contributed by atoms with Crippen LogP contribution in [-0.2, 0) is 4.74 Å². The molecule has 6 nitrogen and oxygen atoms in total. The minimum absolute atomic E-state index is 0.288. The Hall–Kier alpha value is -2.76. The molecule has 1 saturated heterocycles. The number of aromatic nitrogens is 1. The quantitative estimate of drug-likeness (QED) is 0.869. The lowest BCUT2D eigenvalue weighted by Gasteiger charge is -2.37. The fourth-order valence-corrected chi connectivity index (χ4v) is 2.91. The Morgan fingerprint density at radius 1 is 1.12 bits per heavy atom. The van der Waals surface area contributed by atoms with Crippen LogP contribution in [0.15, 0.2) is 42.6 Å². The van der Waals surface area contributed by atoms with Gasteiger partial charge in [0.05, 0.1) is 12.3 Å². The van der Waals surface area contributed by atoms with Gasteiger partial charge >= 0.3 is 5.97 Å². The fraction of sp³-hybridized carbons (Fsp3) is 0.333. The summed E-state index contributed by atoms with van der Waals surface area (Å²) in [7, 11) is 0. The molecule has 24 heavy (non-hydrogen) atoms. The molecular formula is C18H21N3O3. The third-order valence-corrected chi connectivity index (χ3v) is 4.08. The Morgan fingerprint density at radius 2 is 1.83 bits per heavy atom. The Labute approximate surface area is 141 Å². The summed E-state index contributed by atoms with van der Waals surface area (Å²) >= 11 is 0. The average Bonchev–Trinajstić information content (AvgIpc) is 2.62. The number of piperazine rings is 1. The van der Waals surface area contributed by atoms with Crippen LogP contribution in [0, 0.1) is 0 Å². The summed E-state index contributed by atoms with van der Waals surface area (Å²) < 4.78 is 5.12. The maximum absolute atomic E-state index is 12.1. The van der Waals surface area contributed by atoms with Gasteiger partial charge in [0.15, 0.2) is 0 Å². The molecule has 0 amide bonds. The number of hydrogen-bond donors (Lipinski definition) is 1.